The van der Waals surface area contributed by atoms with E-state index in [1.165, 1.54) is 19.2 Å². The van der Waals surface area contributed by atoms with Crippen LogP contribution in [-0.2, 0) is 6.54 Å². The second-order valence-electron chi connectivity index (χ2n) is 7.53. The van der Waals surface area contributed by atoms with E-state index < -0.39 is 0 Å². The first kappa shape index (κ1) is 19.9. The number of fused-ring (bicyclic) bond motifs is 2. The number of hydrogen-bond acceptors (Lipinski definition) is 8. The first-order valence-electron chi connectivity index (χ1n) is 10.0. The highest BCUT2D eigenvalue weighted by Crippen LogP contribution is 2.42. The molecular weight excluding hydrogens is 468 g/mol. The van der Waals surface area contributed by atoms with E-state index in [0.29, 0.717) is 30.6 Å². The van der Waals surface area contributed by atoms with Gasteiger partial charge in [-0.1, -0.05) is 11.8 Å². The van der Waals surface area contributed by atoms with E-state index in [2.05, 4.69) is 35.8 Å². The van der Waals surface area contributed by atoms with E-state index in [1.54, 1.807) is 11.8 Å². The van der Waals surface area contributed by atoms with Gasteiger partial charge in [-0.25, -0.2) is 15.0 Å². The predicted octanol–water partition coefficient (Wildman–Crippen LogP) is 3.48. The van der Waals surface area contributed by atoms with Gasteiger partial charge < -0.3 is 25.1 Å². The van der Waals surface area contributed by atoms with Crippen LogP contribution in [0.4, 0.5) is 5.82 Å². The third kappa shape index (κ3) is 3.83. The standard InChI is InChI=1S/C20H23BrN6O2S/c1-23-13(11-2-3-11)4-5-27-19-17(18(22)24-10-25-19)26-20(27)30-16-9-15-14(8-12(16)21)28-6-7-29-15/h8-11,13,23H,2-7H2,1H3,(H2,22,24,25). The first-order chi connectivity index (χ1) is 14.6. The molecule has 0 amide bonds. The van der Waals surface area contributed by atoms with Gasteiger partial charge in [0.15, 0.2) is 33.6 Å². The molecule has 0 saturated heterocycles. The fraction of sp³-hybridized carbons (Fsp3) is 0.450. The molecule has 1 aliphatic carbocycles. The molecule has 3 heterocycles. The van der Waals surface area contributed by atoms with Crippen molar-refractivity contribution in [1.82, 2.24) is 24.8 Å². The lowest BCUT2D eigenvalue weighted by molar-refractivity contribution is 0.171. The maximum absolute atomic E-state index is 6.10. The van der Waals surface area contributed by atoms with E-state index >= 15 is 0 Å². The molecule has 1 saturated carbocycles. The van der Waals surface area contributed by atoms with Crippen LogP contribution in [0.2, 0.25) is 0 Å². The van der Waals surface area contributed by atoms with Crippen LogP contribution in [0.3, 0.4) is 0 Å². The Balaban J connectivity index is 1.49. The maximum atomic E-state index is 6.10. The molecule has 0 bridgehead atoms. The Labute approximate surface area is 187 Å². The van der Waals surface area contributed by atoms with Crippen molar-refractivity contribution in [3.8, 4) is 11.5 Å². The largest absolute Gasteiger partial charge is 0.486 e. The molecule has 30 heavy (non-hydrogen) atoms. The number of nitrogens with one attached hydrogen (secondary N) is 1. The van der Waals surface area contributed by atoms with Gasteiger partial charge in [0.25, 0.3) is 0 Å². The molecule has 10 heteroatoms. The lowest BCUT2D eigenvalue weighted by Crippen LogP contribution is -2.28. The summed E-state index contributed by atoms with van der Waals surface area (Å²) < 4.78 is 14.5. The Morgan fingerprint density at radius 2 is 2.03 bits per heavy atom. The fourth-order valence-electron chi connectivity index (χ4n) is 3.82. The van der Waals surface area contributed by atoms with E-state index in [-0.39, 0.29) is 0 Å². The van der Waals surface area contributed by atoms with Gasteiger partial charge in [-0.3, -0.25) is 0 Å². The van der Waals surface area contributed by atoms with Crippen LogP contribution >= 0.6 is 27.7 Å². The Bertz CT molecular complexity index is 1090. The summed E-state index contributed by atoms with van der Waals surface area (Å²) in [6, 6.07) is 4.44. The van der Waals surface area contributed by atoms with Crippen LogP contribution < -0.4 is 20.5 Å². The lowest BCUT2D eigenvalue weighted by Gasteiger charge is -2.20. The molecule has 1 fully saturated rings. The molecule has 0 radical (unpaired) electrons. The number of aromatic nitrogens is 4. The summed E-state index contributed by atoms with van der Waals surface area (Å²) >= 11 is 5.22. The number of nitrogens with two attached hydrogens (primary N) is 1. The Kier molecular flexibility index (Phi) is 5.46. The zero-order valence-electron chi connectivity index (χ0n) is 16.6. The van der Waals surface area contributed by atoms with Crippen molar-refractivity contribution < 1.29 is 9.47 Å². The number of hydrogen-bond donors (Lipinski definition) is 2. The van der Waals surface area contributed by atoms with Gasteiger partial charge >= 0.3 is 0 Å². The van der Waals surface area contributed by atoms with Gasteiger partial charge in [-0.15, -0.1) is 0 Å². The number of halogens is 1. The monoisotopic (exact) mass is 490 g/mol. The van der Waals surface area contributed by atoms with Crippen LogP contribution in [0.15, 0.2) is 33.0 Å². The molecule has 5 rings (SSSR count). The van der Waals surface area contributed by atoms with E-state index in [1.807, 2.05) is 19.2 Å². The number of nitrogen functional groups attached to an aromatic ring is 1. The number of imidazole rings is 1. The van der Waals surface area contributed by atoms with Gasteiger partial charge in [-0.2, -0.15) is 0 Å². The maximum Gasteiger partial charge on any atom is 0.175 e. The number of nitrogens with zero attached hydrogens (tertiary/aromatic N) is 4. The zero-order chi connectivity index (χ0) is 20.7. The van der Waals surface area contributed by atoms with Gasteiger partial charge in [0.1, 0.15) is 19.5 Å². The number of anilines is 1. The summed E-state index contributed by atoms with van der Waals surface area (Å²) in [6.07, 6.45) is 5.11. The third-order valence-corrected chi connectivity index (χ3v) is 7.52. The van der Waals surface area contributed by atoms with Crippen LogP contribution in [0, 0.1) is 5.92 Å². The number of ether oxygens (including phenoxy) is 2. The second-order valence-corrected chi connectivity index (χ2v) is 9.39. The molecule has 3 aromatic rings. The molecule has 1 atom stereocenters. The van der Waals surface area contributed by atoms with Crippen LogP contribution in [0.25, 0.3) is 11.2 Å². The normalized spacial score (nSPS) is 16.7. The van der Waals surface area contributed by atoms with Crippen LogP contribution in [0.1, 0.15) is 19.3 Å². The minimum Gasteiger partial charge on any atom is -0.486 e. The van der Waals surface area contributed by atoms with Gasteiger partial charge in [-0.05, 0) is 60.3 Å². The van der Waals surface area contributed by atoms with Crippen molar-refractivity contribution in [2.45, 2.75) is 41.9 Å². The lowest BCUT2D eigenvalue weighted by atomic mass is 10.1. The molecule has 2 aromatic heterocycles. The predicted molar refractivity (Wildman–Crippen MR) is 119 cm³/mol. The Morgan fingerprint density at radius 3 is 2.77 bits per heavy atom. The molecule has 1 unspecified atom stereocenters. The van der Waals surface area contributed by atoms with Crippen molar-refractivity contribution >= 4 is 44.7 Å². The topological polar surface area (TPSA) is 100 Å². The molecule has 2 aliphatic rings. The summed E-state index contributed by atoms with van der Waals surface area (Å²) in [6.45, 7) is 1.92. The molecule has 0 spiro atoms. The molecular formula is C20H23BrN6O2S. The van der Waals surface area contributed by atoms with Gasteiger partial charge in [0, 0.05) is 22.0 Å². The summed E-state index contributed by atoms with van der Waals surface area (Å²) in [4.78, 5) is 14.4. The highest BCUT2D eigenvalue weighted by molar-refractivity contribution is 9.10. The van der Waals surface area contributed by atoms with Crippen molar-refractivity contribution in [2.24, 2.45) is 5.92 Å². The van der Waals surface area contributed by atoms with Gasteiger partial charge in [0.2, 0.25) is 0 Å². The smallest absolute Gasteiger partial charge is 0.175 e. The van der Waals surface area contributed by atoms with Crippen molar-refractivity contribution in [3.05, 3.63) is 22.9 Å². The van der Waals surface area contributed by atoms with E-state index in [4.69, 9.17) is 20.2 Å². The zero-order valence-corrected chi connectivity index (χ0v) is 19.0. The minimum atomic E-state index is 0.397. The summed E-state index contributed by atoms with van der Waals surface area (Å²) in [5, 5.41) is 4.30. The molecule has 1 aromatic carbocycles. The van der Waals surface area contributed by atoms with Crippen LogP contribution in [-0.4, -0.2) is 45.8 Å². The second kappa shape index (κ2) is 8.24. The fourth-order valence-corrected chi connectivity index (χ4v) is 5.33. The van der Waals surface area contributed by atoms with Crippen molar-refractivity contribution in [3.63, 3.8) is 0 Å². The first-order valence-corrected chi connectivity index (χ1v) is 11.7. The SMILES string of the molecule is CNC(CCn1c(Sc2cc3c(cc2Br)OCCO3)nc2c(N)ncnc21)C1CC1. The van der Waals surface area contributed by atoms with Crippen molar-refractivity contribution in [1.29, 1.82) is 0 Å². The molecule has 3 N–H and O–H groups in total. The molecule has 8 nitrogen and oxygen atoms in total. The number of rotatable bonds is 7. The Hall–Kier alpha value is -2.04. The summed E-state index contributed by atoms with van der Waals surface area (Å²) in [5.74, 6) is 2.67. The summed E-state index contributed by atoms with van der Waals surface area (Å²) in [5.41, 5.74) is 7.51. The molecule has 158 valence electrons. The van der Waals surface area contributed by atoms with Gasteiger partial charge in [0.05, 0.1) is 0 Å². The third-order valence-electron chi connectivity index (χ3n) is 5.55. The molecule has 1 aliphatic heterocycles. The number of benzene rings is 1. The van der Waals surface area contributed by atoms with E-state index in [0.717, 1.165) is 50.6 Å². The Morgan fingerprint density at radius 1 is 1.27 bits per heavy atom. The average molecular weight is 491 g/mol. The average Bonchev–Trinajstić information content (AvgIpc) is 3.52. The number of aryl methyl sites for hydroxylation is 1. The summed E-state index contributed by atoms with van der Waals surface area (Å²) in [7, 11) is 2.04. The highest BCUT2D eigenvalue weighted by Gasteiger charge is 2.30. The van der Waals surface area contributed by atoms with Crippen molar-refractivity contribution in [2.75, 3.05) is 26.0 Å². The van der Waals surface area contributed by atoms with Crippen LogP contribution in [0.5, 0.6) is 11.5 Å². The van der Waals surface area contributed by atoms with E-state index in [9.17, 15) is 0 Å². The minimum absolute atomic E-state index is 0.397. The highest BCUT2D eigenvalue weighted by atomic mass is 79.9. The quantitative estimate of drug-likeness (QED) is 0.518.